The number of halogens is 1. The van der Waals surface area contributed by atoms with Crippen molar-refractivity contribution < 1.29 is 9.47 Å². The van der Waals surface area contributed by atoms with Gasteiger partial charge in [-0.2, -0.15) is 5.26 Å². The predicted octanol–water partition coefficient (Wildman–Crippen LogP) is 4.11. The van der Waals surface area contributed by atoms with Crippen LogP contribution >= 0.6 is 11.6 Å². The number of ether oxygens (including phenoxy) is 2. The lowest BCUT2D eigenvalue weighted by Gasteiger charge is -2.26. The van der Waals surface area contributed by atoms with Gasteiger partial charge in [0.1, 0.15) is 29.2 Å². The molecular weight excluding hydrogens is 274 g/mol. The summed E-state index contributed by atoms with van der Waals surface area (Å²) < 4.78 is 11.6. The molecule has 100 valence electrons. The van der Waals surface area contributed by atoms with E-state index in [1.807, 2.05) is 24.3 Å². The van der Waals surface area contributed by atoms with Gasteiger partial charge in [-0.15, -0.1) is 0 Å². The van der Waals surface area contributed by atoms with Crippen molar-refractivity contribution in [1.29, 1.82) is 5.26 Å². The summed E-state index contributed by atoms with van der Waals surface area (Å²) in [6, 6.07) is 15.1. The number of benzene rings is 2. The van der Waals surface area contributed by atoms with Crippen molar-refractivity contribution in [2.45, 2.75) is 12.5 Å². The SMILES string of the molecule is N#Cc1c(Cl)cccc1O[C@H]1CCOc2ccccc21. The lowest BCUT2D eigenvalue weighted by atomic mass is 10.0. The molecule has 0 N–H and O–H groups in total. The van der Waals surface area contributed by atoms with Crippen molar-refractivity contribution in [3.8, 4) is 17.6 Å². The average Bonchev–Trinajstić information content (AvgIpc) is 2.48. The first kappa shape index (κ1) is 12.8. The Kier molecular flexibility index (Phi) is 3.49. The Labute approximate surface area is 122 Å². The van der Waals surface area contributed by atoms with Crippen LogP contribution in [0.2, 0.25) is 5.02 Å². The molecule has 0 amide bonds. The fourth-order valence-corrected chi connectivity index (χ4v) is 2.50. The maximum absolute atomic E-state index is 9.18. The smallest absolute Gasteiger partial charge is 0.139 e. The lowest BCUT2D eigenvalue weighted by Crippen LogP contribution is -2.18. The van der Waals surface area contributed by atoms with E-state index in [0.717, 1.165) is 17.7 Å². The van der Waals surface area contributed by atoms with E-state index in [0.29, 0.717) is 22.9 Å². The van der Waals surface area contributed by atoms with Crippen LogP contribution in [0, 0.1) is 11.3 Å². The Hall–Kier alpha value is -2.18. The van der Waals surface area contributed by atoms with Gasteiger partial charge in [0.15, 0.2) is 0 Å². The Balaban J connectivity index is 1.94. The van der Waals surface area contributed by atoms with Gasteiger partial charge in [-0.3, -0.25) is 0 Å². The van der Waals surface area contributed by atoms with Crippen LogP contribution in [0.3, 0.4) is 0 Å². The Morgan fingerprint density at radius 2 is 2.05 bits per heavy atom. The van der Waals surface area contributed by atoms with E-state index in [9.17, 15) is 5.26 Å². The Bertz CT molecular complexity index is 678. The molecule has 1 heterocycles. The molecule has 0 saturated carbocycles. The molecule has 2 aromatic carbocycles. The molecule has 4 heteroatoms. The van der Waals surface area contributed by atoms with E-state index in [1.54, 1.807) is 18.2 Å². The molecule has 3 rings (SSSR count). The van der Waals surface area contributed by atoms with Crippen molar-refractivity contribution in [2.75, 3.05) is 6.61 Å². The zero-order valence-electron chi connectivity index (χ0n) is 10.7. The zero-order chi connectivity index (χ0) is 13.9. The summed E-state index contributed by atoms with van der Waals surface area (Å²) in [5.74, 6) is 1.35. The molecule has 0 bridgehead atoms. The second-order valence-electron chi connectivity index (χ2n) is 4.51. The summed E-state index contributed by atoms with van der Waals surface area (Å²) >= 11 is 6.02. The molecule has 2 aromatic rings. The zero-order valence-corrected chi connectivity index (χ0v) is 11.4. The van der Waals surface area contributed by atoms with Crippen LogP contribution in [-0.2, 0) is 0 Å². The summed E-state index contributed by atoms with van der Waals surface area (Å²) in [6.07, 6.45) is 0.625. The van der Waals surface area contributed by atoms with E-state index in [2.05, 4.69) is 6.07 Å². The number of para-hydroxylation sites is 1. The Morgan fingerprint density at radius 3 is 2.90 bits per heavy atom. The van der Waals surface area contributed by atoms with Gasteiger partial charge in [0.25, 0.3) is 0 Å². The number of nitriles is 1. The standard InChI is InChI=1S/C16H12ClNO2/c17-13-5-3-7-15(12(13)10-18)20-16-8-9-19-14-6-2-1-4-11(14)16/h1-7,16H,8-9H2/t16-/m0/s1. The second kappa shape index (κ2) is 5.44. The van der Waals surface area contributed by atoms with E-state index in [-0.39, 0.29) is 6.10 Å². The molecule has 0 aromatic heterocycles. The number of rotatable bonds is 2. The number of fused-ring (bicyclic) bond motifs is 1. The molecule has 0 saturated heterocycles. The first-order chi connectivity index (χ1) is 9.79. The molecule has 0 aliphatic carbocycles. The first-order valence-corrected chi connectivity index (χ1v) is 6.74. The van der Waals surface area contributed by atoms with Crippen LogP contribution in [0.25, 0.3) is 0 Å². The van der Waals surface area contributed by atoms with Crippen LogP contribution in [-0.4, -0.2) is 6.61 Å². The van der Waals surface area contributed by atoms with Crippen molar-refractivity contribution in [3.05, 3.63) is 58.6 Å². The van der Waals surface area contributed by atoms with Crippen LogP contribution < -0.4 is 9.47 Å². The quantitative estimate of drug-likeness (QED) is 0.834. The minimum absolute atomic E-state index is 0.120. The van der Waals surface area contributed by atoms with Gasteiger partial charge in [0.2, 0.25) is 0 Å². The second-order valence-corrected chi connectivity index (χ2v) is 4.91. The summed E-state index contributed by atoms with van der Waals surface area (Å²) in [5, 5.41) is 9.59. The fraction of sp³-hybridized carbons (Fsp3) is 0.188. The van der Waals surface area contributed by atoms with Gasteiger partial charge in [0.05, 0.1) is 11.6 Å². The normalized spacial score (nSPS) is 16.7. The van der Waals surface area contributed by atoms with E-state index in [1.165, 1.54) is 0 Å². The average molecular weight is 286 g/mol. The van der Waals surface area contributed by atoms with Gasteiger partial charge in [-0.1, -0.05) is 35.9 Å². The molecule has 0 fully saturated rings. The van der Waals surface area contributed by atoms with Crippen LogP contribution in [0.1, 0.15) is 23.7 Å². The molecular formula is C16H12ClNO2. The molecule has 0 radical (unpaired) electrons. The molecule has 1 aliphatic rings. The lowest BCUT2D eigenvalue weighted by molar-refractivity contribution is 0.136. The monoisotopic (exact) mass is 285 g/mol. The predicted molar refractivity (Wildman–Crippen MR) is 76.1 cm³/mol. The van der Waals surface area contributed by atoms with E-state index >= 15 is 0 Å². The topological polar surface area (TPSA) is 42.2 Å². The van der Waals surface area contributed by atoms with Crippen LogP contribution in [0.4, 0.5) is 0 Å². The van der Waals surface area contributed by atoms with Gasteiger partial charge in [-0.05, 0) is 18.2 Å². The highest BCUT2D eigenvalue weighted by Crippen LogP contribution is 2.37. The summed E-state index contributed by atoms with van der Waals surface area (Å²) in [7, 11) is 0. The van der Waals surface area contributed by atoms with Crippen molar-refractivity contribution >= 4 is 11.6 Å². The van der Waals surface area contributed by atoms with Crippen molar-refractivity contribution in [3.63, 3.8) is 0 Å². The minimum atomic E-state index is -0.120. The molecule has 0 spiro atoms. The van der Waals surface area contributed by atoms with Gasteiger partial charge in [0, 0.05) is 12.0 Å². The summed E-state index contributed by atoms with van der Waals surface area (Å²) in [6.45, 7) is 0.601. The van der Waals surface area contributed by atoms with Crippen molar-refractivity contribution in [1.82, 2.24) is 0 Å². The van der Waals surface area contributed by atoms with Gasteiger partial charge in [-0.25, -0.2) is 0 Å². The van der Waals surface area contributed by atoms with E-state index in [4.69, 9.17) is 21.1 Å². The van der Waals surface area contributed by atoms with Crippen LogP contribution in [0.15, 0.2) is 42.5 Å². The highest BCUT2D eigenvalue weighted by molar-refractivity contribution is 6.31. The molecule has 0 unspecified atom stereocenters. The summed E-state index contributed by atoms with van der Waals surface area (Å²) in [4.78, 5) is 0. The molecule has 1 aliphatic heterocycles. The molecule has 1 atom stereocenters. The number of hydrogen-bond donors (Lipinski definition) is 0. The van der Waals surface area contributed by atoms with E-state index < -0.39 is 0 Å². The first-order valence-electron chi connectivity index (χ1n) is 6.36. The molecule has 20 heavy (non-hydrogen) atoms. The fourth-order valence-electron chi connectivity index (χ4n) is 2.30. The Morgan fingerprint density at radius 1 is 1.20 bits per heavy atom. The molecule has 3 nitrogen and oxygen atoms in total. The highest BCUT2D eigenvalue weighted by atomic mass is 35.5. The van der Waals surface area contributed by atoms with Gasteiger partial charge >= 0.3 is 0 Å². The highest BCUT2D eigenvalue weighted by Gasteiger charge is 2.23. The minimum Gasteiger partial charge on any atom is -0.493 e. The maximum atomic E-state index is 9.18. The maximum Gasteiger partial charge on any atom is 0.139 e. The summed E-state index contributed by atoms with van der Waals surface area (Å²) in [5.41, 5.74) is 1.38. The van der Waals surface area contributed by atoms with Crippen LogP contribution in [0.5, 0.6) is 11.5 Å². The number of nitrogens with zero attached hydrogens (tertiary/aromatic N) is 1. The largest absolute Gasteiger partial charge is 0.493 e. The third-order valence-corrected chi connectivity index (χ3v) is 3.57. The number of hydrogen-bond acceptors (Lipinski definition) is 3. The third kappa shape index (κ3) is 2.31. The van der Waals surface area contributed by atoms with Crippen molar-refractivity contribution in [2.24, 2.45) is 0 Å². The third-order valence-electron chi connectivity index (χ3n) is 3.26. The van der Waals surface area contributed by atoms with Gasteiger partial charge < -0.3 is 9.47 Å².